The quantitative estimate of drug-likeness (QED) is 0.731. The molecule has 2 heterocycles. The molecular formula is C18H21NO6. The number of fused-ring (bicyclic) bond motifs is 2. The Balaban J connectivity index is 2.14. The molecule has 1 atom stereocenters. The van der Waals surface area contributed by atoms with Crippen molar-refractivity contribution in [2.75, 3.05) is 13.7 Å². The maximum Gasteiger partial charge on any atom is 0.210 e. The van der Waals surface area contributed by atoms with Gasteiger partial charge in [0.05, 0.1) is 29.7 Å². The van der Waals surface area contributed by atoms with Gasteiger partial charge in [0.15, 0.2) is 11.5 Å². The molecule has 0 aliphatic heterocycles. The molecule has 7 heteroatoms. The Hall–Kier alpha value is -2.51. The summed E-state index contributed by atoms with van der Waals surface area (Å²) in [5.74, 6) is 0.720. The second-order valence-corrected chi connectivity index (χ2v) is 6.50. The van der Waals surface area contributed by atoms with Crippen LogP contribution in [0.15, 0.2) is 33.7 Å². The van der Waals surface area contributed by atoms with Gasteiger partial charge in [-0.15, -0.1) is 0 Å². The van der Waals surface area contributed by atoms with Crippen molar-refractivity contribution in [1.82, 2.24) is 4.57 Å². The number of ether oxygens (including phenoxy) is 2. The summed E-state index contributed by atoms with van der Waals surface area (Å²) in [6.07, 6.45) is 0.387. The van der Waals surface area contributed by atoms with E-state index in [1.54, 1.807) is 29.8 Å². The molecule has 0 spiro atoms. The first kappa shape index (κ1) is 17.3. The van der Waals surface area contributed by atoms with Crippen LogP contribution in [0.3, 0.4) is 0 Å². The first-order valence-electron chi connectivity index (χ1n) is 7.85. The van der Waals surface area contributed by atoms with Gasteiger partial charge in [-0.3, -0.25) is 4.79 Å². The standard InChI is InChI=1S/C18H21NO6/c1-18(2,22)13(20)9-25-12-6-5-10-14(16(12)23-4)19(3)17-11(15(10)21)7-8-24-17/h5-8,13,20,22H,9H2,1-4H3/t13-/m1/s1. The highest BCUT2D eigenvalue weighted by Gasteiger charge is 2.26. The van der Waals surface area contributed by atoms with Crippen LogP contribution >= 0.6 is 0 Å². The van der Waals surface area contributed by atoms with E-state index >= 15 is 0 Å². The maximum absolute atomic E-state index is 12.6. The Labute approximate surface area is 144 Å². The van der Waals surface area contributed by atoms with Gasteiger partial charge in [-0.2, -0.15) is 0 Å². The predicted molar refractivity (Wildman–Crippen MR) is 93.3 cm³/mol. The number of nitrogens with zero attached hydrogens (tertiary/aromatic N) is 1. The van der Waals surface area contributed by atoms with E-state index in [1.807, 2.05) is 0 Å². The average Bonchev–Trinajstić information content (AvgIpc) is 3.05. The second kappa shape index (κ2) is 6.09. The first-order chi connectivity index (χ1) is 11.8. The van der Waals surface area contributed by atoms with Gasteiger partial charge in [-0.05, 0) is 32.0 Å². The number of aliphatic hydroxyl groups excluding tert-OH is 1. The fourth-order valence-electron chi connectivity index (χ4n) is 2.73. The largest absolute Gasteiger partial charge is 0.491 e. The summed E-state index contributed by atoms with van der Waals surface area (Å²) in [6.45, 7) is 2.87. The maximum atomic E-state index is 12.6. The van der Waals surface area contributed by atoms with Crippen LogP contribution in [-0.4, -0.2) is 40.2 Å². The van der Waals surface area contributed by atoms with Gasteiger partial charge in [0.25, 0.3) is 0 Å². The van der Waals surface area contributed by atoms with Crippen LogP contribution in [0.4, 0.5) is 0 Å². The van der Waals surface area contributed by atoms with Crippen LogP contribution in [0.25, 0.3) is 22.0 Å². The molecule has 0 saturated carbocycles. The van der Waals surface area contributed by atoms with E-state index in [1.165, 1.54) is 27.2 Å². The second-order valence-electron chi connectivity index (χ2n) is 6.50. The highest BCUT2D eigenvalue weighted by Crippen LogP contribution is 2.36. The van der Waals surface area contributed by atoms with Gasteiger partial charge in [0, 0.05) is 7.05 Å². The SMILES string of the molecule is COc1c(OC[C@@H](O)C(C)(C)O)ccc2c(=O)c3ccoc3n(C)c12. The number of aromatic nitrogens is 1. The van der Waals surface area contributed by atoms with Crippen LogP contribution in [-0.2, 0) is 7.05 Å². The van der Waals surface area contributed by atoms with Gasteiger partial charge >= 0.3 is 0 Å². The van der Waals surface area contributed by atoms with E-state index in [0.717, 1.165) is 0 Å². The molecule has 7 nitrogen and oxygen atoms in total. The minimum atomic E-state index is -1.29. The zero-order chi connectivity index (χ0) is 18.4. The van der Waals surface area contributed by atoms with Gasteiger partial charge in [0.2, 0.25) is 11.1 Å². The molecule has 0 amide bonds. The average molecular weight is 347 g/mol. The summed E-state index contributed by atoms with van der Waals surface area (Å²) in [6, 6.07) is 4.90. The summed E-state index contributed by atoms with van der Waals surface area (Å²) < 4.78 is 18.2. The Morgan fingerprint density at radius 3 is 2.64 bits per heavy atom. The third-order valence-corrected chi connectivity index (χ3v) is 4.29. The van der Waals surface area contributed by atoms with Crippen molar-refractivity contribution in [3.05, 3.63) is 34.7 Å². The van der Waals surface area contributed by atoms with E-state index < -0.39 is 11.7 Å². The molecule has 0 saturated heterocycles. The molecule has 3 rings (SSSR count). The number of rotatable bonds is 5. The summed E-state index contributed by atoms with van der Waals surface area (Å²) in [5, 5.41) is 20.7. The van der Waals surface area contributed by atoms with Crippen molar-refractivity contribution >= 4 is 22.0 Å². The lowest BCUT2D eigenvalue weighted by molar-refractivity contribution is -0.0663. The molecule has 134 valence electrons. The highest BCUT2D eigenvalue weighted by atomic mass is 16.5. The Bertz CT molecular complexity index is 979. The van der Waals surface area contributed by atoms with Crippen LogP contribution in [0.5, 0.6) is 11.5 Å². The Morgan fingerprint density at radius 2 is 2.00 bits per heavy atom. The monoisotopic (exact) mass is 347 g/mol. The van der Waals surface area contributed by atoms with Crippen molar-refractivity contribution in [2.24, 2.45) is 7.05 Å². The molecule has 25 heavy (non-hydrogen) atoms. The van der Waals surface area contributed by atoms with Crippen molar-refractivity contribution in [3.8, 4) is 11.5 Å². The number of benzene rings is 1. The van der Waals surface area contributed by atoms with E-state index in [-0.39, 0.29) is 12.0 Å². The minimum absolute atomic E-state index is 0.123. The molecule has 0 unspecified atom stereocenters. The normalized spacial score (nSPS) is 13.4. The van der Waals surface area contributed by atoms with Crippen LogP contribution in [0.2, 0.25) is 0 Å². The summed E-state index contributed by atoms with van der Waals surface area (Å²) >= 11 is 0. The third kappa shape index (κ3) is 2.85. The molecule has 2 aromatic heterocycles. The number of aryl methyl sites for hydroxylation is 1. The lowest BCUT2D eigenvalue weighted by atomic mass is 10.0. The molecule has 0 radical (unpaired) electrons. The fraction of sp³-hybridized carbons (Fsp3) is 0.389. The van der Waals surface area contributed by atoms with Crippen molar-refractivity contribution in [2.45, 2.75) is 25.6 Å². The lowest BCUT2D eigenvalue weighted by Gasteiger charge is -2.25. The van der Waals surface area contributed by atoms with Crippen LogP contribution in [0.1, 0.15) is 13.8 Å². The Morgan fingerprint density at radius 1 is 1.28 bits per heavy atom. The first-order valence-corrected chi connectivity index (χ1v) is 7.85. The third-order valence-electron chi connectivity index (χ3n) is 4.29. The zero-order valence-corrected chi connectivity index (χ0v) is 14.6. The van der Waals surface area contributed by atoms with Gasteiger partial charge < -0.3 is 28.7 Å². The van der Waals surface area contributed by atoms with Crippen molar-refractivity contribution in [1.29, 1.82) is 0 Å². The topological polar surface area (TPSA) is 94.1 Å². The van der Waals surface area contributed by atoms with Crippen molar-refractivity contribution < 1.29 is 24.1 Å². The molecule has 1 aromatic carbocycles. The van der Waals surface area contributed by atoms with Crippen molar-refractivity contribution in [3.63, 3.8) is 0 Å². The summed E-state index contributed by atoms with van der Waals surface area (Å²) in [5.41, 5.74) is -0.482. The van der Waals surface area contributed by atoms with E-state index in [0.29, 0.717) is 33.5 Å². The van der Waals surface area contributed by atoms with E-state index in [4.69, 9.17) is 13.9 Å². The zero-order valence-electron chi connectivity index (χ0n) is 14.6. The molecule has 2 N–H and O–H groups in total. The van der Waals surface area contributed by atoms with E-state index in [9.17, 15) is 15.0 Å². The van der Waals surface area contributed by atoms with Crippen LogP contribution < -0.4 is 14.9 Å². The molecular weight excluding hydrogens is 326 g/mol. The summed E-state index contributed by atoms with van der Waals surface area (Å²) in [4.78, 5) is 12.6. The number of hydrogen-bond donors (Lipinski definition) is 2. The number of hydrogen-bond acceptors (Lipinski definition) is 6. The highest BCUT2D eigenvalue weighted by molar-refractivity contribution is 5.95. The Kier molecular flexibility index (Phi) is 4.22. The fourth-order valence-corrected chi connectivity index (χ4v) is 2.73. The lowest BCUT2D eigenvalue weighted by Crippen LogP contribution is -2.40. The number of pyridine rings is 1. The van der Waals surface area contributed by atoms with Gasteiger partial charge in [-0.1, -0.05) is 0 Å². The van der Waals surface area contributed by atoms with Gasteiger partial charge in [-0.25, -0.2) is 0 Å². The minimum Gasteiger partial charge on any atom is -0.491 e. The molecule has 0 aliphatic carbocycles. The molecule has 0 fully saturated rings. The molecule has 0 aliphatic rings. The van der Waals surface area contributed by atoms with Crippen LogP contribution in [0, 0.1) is 0 Å². The molecule has 0 bridgehead atoms. The smallest absolute Gasteiger partial charge is 0.210 e. The number of furan rings is 1. The molecule has 3 aromatic rings. The predicted octanol–water partition coefficient (Wildman–Crippen LogP) is 1.80. The van der Waals surface area contributed by atoms with Gasteiger partial charge in [0.1, 0.15) is 18.2 Å². The number of methoxy groups -OCH3 is 1. The number of aliphatic hydroxyl groups is 2. The van der Waals surface area contributed by atoms with E-state index in [2.05, 4.69) is 0 Å². The summed E-state index contributed by atoms with van der Waals surface area (Å²) in [7, 11) is 3.25.